The van der Waals surface area contributed by atoms with Crippen LogP contribution in [0.4, 0.5) is 17.1 Å². The van der Waals surface area contributed by atoms with Crippen LogP contribution < -0.4 is 4.90 Å². The zero-order chi connectivity index (χ0) is 26.3. The van der Waals surface area contributed by atoms with Gasteiger partial charge in [-0.1, -0.05) is 97.1 Å². The van der Waals surface area contributed by atoms with Gasteiger partial charge in [0.15, 0.2) is 11.6 Å². The number of hydrogen-bond donors (Lipinski definition) is 0. The summed E-state index contributed by atoms with van der Waals surface area (Å²) in [5.41, 5.74) is 5.33. The molecule has 6 aromatic rings. The van der Waals surface area contributed by atoms with Crippen molar-refractivity contribution in [2.24, 2.45) is 5.92 Å². The van der Waals surface area contributed by atoms with Crippen molar-refractivity contribution in [1.29, 1.82) is 0 Å². The number of fused-ring (bicyclic) bond motifs is 3. The summed E-state index contributed by atoms with van der Waals surface area (Å²) in [6.07, 6.45) is 0.414. The van der Waals surface area contributed by atoms with Gasteiger partial charge in [0.2, 0.25) is 0 Å². The fourth-order valence-electron chi connectivity index (χ4n) is 5.72. The predicted octanol–water partition coefficient (Wildman–Crippen LogP) is 8.70. The van der Waals surface area contributed by atoms with E-state index in [0.29, 0.717) is 17.5 Å². The first-order chi connectivity index (χ1) is 19.2. The molecule has 0 N–H and O–H groups in total. The Kier molecular flexibility index (Phi) is 5.56. The third-order valence-electron chi connectivity index (χ3n) is 7.68. The van der Waals surface area contributed by atoms with Gasteiger partial charge in [0.25, 0.3) is 0 Å². The van der Waals surface area contributed by atoms with Crippen molar-refractivity contribution < 1.29 is 9.59 Å². The molecule has 0 radical (unpaired) electrons. The molecule has 0 atom stereocenters. The Bertz CT molecular complexity index is 1850. The quantitative estimate of drug-likeness (QED) is 0.221. The van der Waals surface area contributed by atoms with E-state index in [9.17, 15) is 9.59 Å². The zero-order valence-electron chi connectivity index (χ0n) is 21.2. The first-order valence-corrected chi connectivity index (χ1v) is 13.2. The van der Waals surface area contributed by atoms with Gasteiger partial charge in [0.05, 0.1) is 5.92 Å². The first-order valence-electron chi connectivity index (χ1n) is 13.2. The zero-order valence-corrected chi connectivity index (χ0v) is 21.2. The third-order valence-corrected chi connectivity index (χ3v) is 7.68. The Balaban J connectivity index is 1.24. The van der Waals surface area contributed by atoms with Gasteiger partial charge in [-0.3, -0.25) is 9.59 Å². The molecule has 0 fully saturated rings. The van der Waals surface area contributed by atoms with Crippen LogP contribution in [0.5, 0.6) is 0 Å². The van der Waals surface area contributed by atoms with Gasteiger partial charge in [-0.25, -0.2) is 0 Å². The number of hydrogen-bond acceptors (Lipinski definition) is 3. The van der Waals surface area contributed by atoms with Crippen molar-refractivity contribution in [3.63, 3.8) is 0 Å². The minimum atomic E-state index is -0.638. The summed E-state index contributed by atoms with van der Waals surface area (Å²) in [5, 5.41) is 4.59. The average molecular weight is 504 g/mol. The van der Waals surface area contributed by atoms with Gasteiger partial charge >= 0.3 is 0 Å². The molecule has 0 spiro atoms. The number of ketones is 2. The molecule has 0 amide bonds. The standard InChI is InChI=1S/C36H25NO2/c38-35-32-12-6-7-13-33(32)36(39)34(35)21-24-14-15-28-23-31(19-17-27(28)20-24)37(29-10-2-1-3-11-29)30-18-16-25-8-4-5-9-26(25)22-30/h1-20,22-23,34H,21H2. The largest absolute Gasteiger partial charge is 0.310 e. The molecule has 0 aliphatic heterocycles. The van der Waals surface area contributed by atoms with E-state index in [1.54, 1.807) is 12.1 Å². The molecule has 186 valence electrons. The van der Waals surface area contributed by atoms with Gasteiger partial charge in [0, 0.05) is 28.2 Å². The summed E-state index contributed by atoms with van der Waals surface area (Å²) in [6.45, 7) is 0. The molecule has 3 heteroatoms. The Morgan fingerprint density at radius 1 is 0.462 bits per heavy atom. The molecule has 0 aromatic heterocycles. The van der Waals surface area contributed by atoms with E-state index in [-0.39, 0.29) is 11.6 Å². The Morgan fingerprint density at radius 2 is 0.974 bits per heavy atom. The number of para-hydroxylation sites is 1. The molecule has 0 bridgehead atoms. The second kappa shape index (κ2) is 9.38. The second-order valence-electron chi connectivity index (χ2n) is 10.1. The van der Waals surface area contributed by atoms with Crippen LogP contribution in [0.15, 0.2) is 133 Å². The monoisotopic (exact) mass is 503 g/mol. The lowest BCUT2D eigenvalue weighted by Gasteiger charge is -2.26. The van der Waals surface area contributed by atoms with Crippen LogP contribution in [0.25, 0.3) is 21.5 Å². The molecular formula is C36H25NO2. The van der Waals surface area contributed by atoms with E-state index in [1.165, 1.54) is 10.8 Å². The van der Waals surface area contributed by atoms with Crippen molar-refractivity contribution in [1.82, 2.24) is 0 Å². The fraction of sp³-hybridized carbons (Fsp3) is 0.0556. The van der Waals surface area contributed by atoms with Crippen molar-refractivity contribution in [3.05, 3.63) is 150 Å². The lowest BCUT2D eigenvalue weighted by molar-refractivity contribution is 0.0838. The molecule has 0 heterocycles. The summed E-state index contributed by atoms with van der Waals surface area (Å²) in [6, 6.07) is 45.2. The number of carbonyl (C=O) groups excluding carboxylic acids is 2. The maximum Gasteiger partial charge on any atom is 0.174 e. The summed E-state index contributed by atoms with van der Waals surface area (Å²) >= 11 is 0. The van der Waals surface area contributed by atoms with Crippen LogP contribution in [0, 0.1) is 5.92 Å². The summed E-state index contributed by atoms with van der Waals surface area (Å²) in [7, 11) is 0. The van der Waals surface area contributed by atoms with Gasteiger partial charge in [-0.15, -0.1) is 0 Å². The highest BCUT2D eigenvalue weighted by molar-refractivity contribution is 6.26. The highest BCUT2D eigenvalue weighted by atomic mass is 16.2. The first kappa shape index (κ1) is 23.1. The molecule has 1 aliphatic rings. The van der Waals surface area contributed by atoms with E-state index in [0.717, 1.165) is 33.4 Å². The van der Waals surface area contributed by atoms with E-state index in [1.807, 2.05) is 24.3 Å². The Labute approximate surface area is 227 Å². The minimum absolute atomic E-state index is 0.0695. The van der Waals surface area contributed by atoms with Gasteiger partial charge in [-0.2, -0.15) is 0 Å². The SMILES string of the molecule is O=C1c2ccccc2C(=O)C1Cc1ccc2cc(N(c3ccccc3)c3ccc4ccccc4c3)ccc2c1. The van der Waals surface area contributed by atoms with Crippen LogP contribution >= 0.6 is 0 Å². The van der Waals surface area contributed by atoms with Crippen molar-refractivity contribution in [2.75, 3.05) is 4.90 Å². The molecular weight excluding hydrogens is 478 g/mol. The summed E-state index contributed by atoms with van der Waals surface area (Å²) in [5.74, 6) is -0.777. The molecule has 39 heavy (non-hydrogen) atoms. The van der Waals surface area contributed by atoms with E-state index in [4.69, 9.17) is 0 Å². The molecule has 0 saturated heterocycles. The minimum Gasteiger partial charge on any atom is -0.310 e. The maximum absolute atomic E-state index is 12.9. The number of rotatable bonds is 5. The number of benzene rings is 6. The molecule has 1 aliphatic carbocycles. The van der Waals surface area contributed by atoms with Crippen molar-refractivity contribution >= 4 is 50.2 Å². The van der Waals surface area contributed by atoms with E-state index in [2.05, 4.69) is 102 Å². The smallest absolute Gasteiger partial charge is 0.174 e. The van der Waals surface area contributed by atoms with Crippen LogP contribution in [0.2, 0.25) is 0 Å². The summed E-state index contributed by atoms with van der Waals surface area (Å²) in [4.78, 5) is 28.1. The number of carbonyl (C=O) groups is 2. The topological polar surface area (TPSA) is 37.4 Å². The van der Waals surface area contributed by atoms with E-state index < -0.39 is 5.92 Å². The fourth-order valence-corrected chi connectivity index (χ4v) is 5.72. The number of anilines is 3. The van der Waals surface area contributed by atoms with Crippen molar-refractivity contribution in [3.8, 4) is 0 Å². The highest BCUT2D eigenvalue weighted by Crippen LogP contribution is 2.38. The molecule has 3 nitrogen and oxygen atoms in total. The van der Waals surface area contributed by atoms with Crippen LogP contribution in [0.1, 0.15) is 26.3 Å². The number of nitrogens with zero attached hydrogens (tertiary/aromatic N) is 1. The lowest BCUT2D eigenvalue weighted by Crippen LogP contribution is -2.17. The van der Waals surface area contributed by atoms with Gasteiger partial charge in [0.1, 0.15) is 0 Å². The van der Waals surface area contributed by atoms with E-state index >= 15 is 0 Å². The third kappa shape index (κ3) is 4.09. The van der Waals surface area contributed by atoms with Crippen molar-refractivity contribution in [2.45, 2.75) is 6.42 Å². The number of Topliss-reactive ketones (excluding diaryl/α,β-unsaturated/α-hetero) is 2. The van der Waals surface area contributed by atoms with Crippen LogP contribution in [-0.2, 0) is 6.42 Å². The molecule has 6 aromatic carbocycles. The summed E-state index contributed by atoms with van der Waals surface area (Å²) < 4.78 is 0. The lowest BCUT2D eigenvalue weighted by atomic mass is 9.93. The highest BCUT2D eigenvalue weighted by Gasteiger charge is 2.37. The van der Waals surface area contributed by atoms with Crippen LogP contribution in [-0.4, -0.2) is 11.6 Å². The maximum atomic E-state index is 12.9. The second-order valence-corrected chi connectivity index (χ2v) is 10.1. The molecule has 0 unspecified atom stereocenters. The predicted molar refractivity (Wildman–Crippen MR) is 158 cm³/mol. The Hall–Kier alpha value is -5.02. The van der Waals surface area contributed by atoms with Gasteiger partial charge < -0.3 is 4.90 Å². The molecule has 7 rings (SSSR count). The molecule has 0 saturated carbocycles. The van der Waals surface area contributed by atoms with Crippen LogP contribution in [0.3, 0.4) is 0 Å². The normalized spacial score (nSPS) is 13.2. The van der Waals surface area contributed by atoms with Gasteiger partial charge in [-0.05, 0) is 69.9 Å². The Morgan fingerprint density at radius 3 is 1.67 bits per heavy atom. The average Bonchev–Trinajstić information content (AvgIpc) is 3.22.